The Morgan fingerprint density at radius 3 is 2.45 bits per heavy atom. The lowest BCUT2D eigenvalue weighted by Crippen LogP contribution is -2.30. The standard InChI is InChI=1S/C23H31N3O4S/c1-31(27,28)21-12-10-20(11-13-21)29-16-7-17-30-25-23(24)22-9-4-3-8-19(22)18-26-14-5-2-6-15-26/h3-4,8-13H,2,5-7,14-18H2,1H3,(H2,24,25). The van der Waals surface area contributed by atoms with E-state index in [0.717, 1.165) is 30.8 Å². The summed E-state index contributed by atoms with van der Waals surface area (Å²) >= 11 is 0. The minimum absolute atomic E-state index is 0.272. The van der Waals surface area contributed by atoms with Crippen LogP contribution in [0.15, 0.2) is 58.6 Å². The number of amidine groups is 1. The van der Waals surface area contributed by atoms with Gasteiger partial charge in [0.15, 0.2) is 15.7 Å². The fourth-order valence-electron chi connectivity index (χ4n) is 3.53. The Kier molecular flexibility index (Phi) is 8.31. The van der Waals surface area contributed by atoms with Crippen LogP contribution in [-0.2, 0) is 21.2 Å². The average molecular weight is 446 g/mol. The molecule has 8 heteroatoms. The van der Waals surface area contributed by atoms with E-state index in [2.05, 4.69) is 16.1 Å². The second kappa shape index (κ2) is 11.2. The summed E-state index contributed by atoms with van der Waals surface area (Å²) in [4.78, 5) is 8.11. The first-order valence-corrected chi connectivity index (χ1v) is 12.5. The summed E-state index contributed by atoms with van der Waals surface area (Å²) in [5, 5.41) is 4.08. The van der Waals surface area contributed by atoms with E-state index in [4.69, 9.17) is 15.3 Å². The molecule has 1 aliphatic heterocycles. The Bertz CT molecular complexity index is 969. The van der Waals surface area contributed by atoms with Crippen molar-refractivity contribution >= 4 is 15.7 Å². The van der Waals surface area contributed by atoms with Crippen LogP contribution < -0.4 is 10.5 Å². The number of sulfone groups is 1. The first kappa shape index (κ1) is 23.1. The zero-order chi connectivity index (χ0) is 22.1. The molecule has 0 aromatic heterocycles. The number of nitrogens with two attached hydrogens (primary N) is 1. The van der Waals surface area contributed by atoms with Crippen LogP contribution in [0.5, 0.6) is 5.75 Å². The van der Waals surface area contributed by atoms with Gasteiger partial charge in [-0.25, -0.2) is 8.42 Å². The van der Waals surface area contributed by atoms with Gasteiger partial charge in [-0.1, -0.05) is 35.8 Å². The molecule has 2 aromatic carbocycles. The van der Waals surface area contributed by atoms with Crippen molar-refractivity contribution in [2.75, 3.05) is 32.6 Å². The Morgan fingerprint density at radius 2 is 1.74 bits per heavy atom. The first-order valence-electron chi connectivity index (χ1n) is 10.6. The molecule has 0 saturated carbocycles. The van der Waals surface area contributed by atoms with Gasteiger partial charge >= 0.3 is 0 Å². The van der Waals surface area contributed by atoms with Crippen LogP contribution in [0.3, 0.4) is 0 Å². The molecule has 0 radical (unpaired) electrons. The van der Waals surface area contributed by atoms with Crippen LogP contribution in [0.4, 0.5) is 0 Å². The lowest BCUT2D eigenvalue weighted by atomic mass is 10.0. The molecule has 31 heavy (non-hydrogen) atoms. The highest BCUT2D eigenvalue weighted by atomic mass is 32.2. The predicted molar refractivity (Wildman–Crippen MR) is 122 cm³/mol. The molecule has 3 rings (SSSR count). The number of hydrogen-bond donors (Lipinski definition) is 1. The molecule has 0 amide bonds. The molecule has 0 aliphatic carbocycles. The molecule has 7 nitrogen and oxygen atoms in total. The summed E-state index contributed by atoms with van der Waals surface area (Å²) in [7, 11) is -3.20. The Labute approximate surface area is 184 Å². The van der Waals surface area contributed by atoms with E-state index in [-0.39, 0.29) is 4.90 Å². The third kappa shape index (κ3) is 7.25. The van der Waals surface area contributed by atoms with E-state index >= 15 is 0 Å². The summed E-state index contributed by atoms with van der Waals surface area (Å²) in [6.45, 7) is 3.92. The maximum Gasteiger partial charge on any atom is 0.175 e. The van der Waals surface area contributed by atoms with Crippen molar-refractivity contribution in [2.45, 2.75) is 37.1 Å². The molecule has 0 unspecified atom stereocenters. The number of oxime groups is 1. The van der Waals surface area contributed by atoms with E-state index in [0.29, 0.717) is 31.2 Å². The topological polar surface area (TPSA) is 94.2 Å². The number of rotatable bonds is 10. The van der Waals surface area contributed by atoms with Gasteiger partial charge in [0.05, 0.1) is 11.5 Å². The molecular weight excluding hydrogens is 414 g/mol. The van der Waals surface area contributed by atoms with Gasteiger partial charge < -0.3 is 15.3 Å². The highest BCUT2D eigenvalue weighted by Crippen LogP contribution is 2.17. The van der Waals surface area contributed by atoms with Crippen LogP contribution in [0.1, 0.15) is 36.8 Å². The lowest BCUT2D eigenvalue weighted by Gasteiger charge is -2.27. The van der Waals surface area contributed by atoms with E-state index in [1.807, 2.05) is 18.2 Å². The summed E-state index contributed by atoms with van der Waals surface area (Å²) in [5.41, 5.74) is 8.26. The minimum Gasteiger partial charge on any atom is -0.493 e. The van der Waals surface area contributed by atoms with Gasteiger partial charge in [-0.05, 0) is 55.8 Å². The molecule has 1 aliphatic rings. The second-order valence-electron chi connectivity index (χ2n) is 7.75. The predicted octanol–water partition coefficient (Wildman–Crippen LogP) is 3.18. The summed E-state index contributed by atoms with van der Waals surface area (Å²) in [6.07, 6.45) is 5.61. The summed E-state index contributed by atoms with van der Waals surface area (Å²) < 4.78 is 28.6. The Hall–Kier alpha value is -2.58. The molecule has 1 saturated heterocycles. The third-order valence-corrected chi connectivity index (χ3v) is 6.33. The number of benzene rings is 2. The normalized spacial score (nSPS) is 15.6. The summed E-state index contributed by atoms with van der Waals surface area (Å²) in [6, 6.07) is 14.4. The number of nitrogens with zero attached hydrogens (tertiary/aromatic N) is 2. The fourth-order valence-corrected chi connectivity index (χ4v) is 4.16. The van der Waals surface area contributed by atoms with Crippen LogP contribution in [0.2, 0.25) is 0 Å². The van der Waals surface area contributed by atoms with Gasteiger partial charge in [0.1, 0.15) is 12.4 Å². The quantitative estimate of drug-likeness (QED) is 0.261. The van der Waals surface area contributed by atoms with Crippen LogP contribution in [-0.4, -0.2) is 51.7 Å². The number of ether oxygens (including phenoxy) is 1. The zero-order valence-electron chi connectivity index (χ0n) is 18.0. The van der Waals surface area contributed by atoms with Gasteiger partial charge in [-0.15, -0.1) is 0 Å². The molecule has 2 N–H and O–H groups in total. The van der Waals surface area contributed by atoms with E-state index in [9.17, 15) is 8.42 Å². The number of likely N-dealkylation sites (tertiary alicyclic amines) is 1. The number of hydrogen-bond acceptors (Lipinski definition) is 6. The van der Waals surface area contributed by atoms with Crippen molar-refractivity contribution in [3.8, 4) is 5.75 Å². The zero-order valence-corrected chi connectivity index (χ0v) is 18.8. The van der Waals surface area contributed by atoms with Crippen LogP contribution in [0.25, 0.3) is 0 Å². The Morgan fingerprint density at radius 1 is 1.03 bits per heavy atom. The molecule has 2 aromatic rings. The second-order valence-corrected chi connectivity index (χ2v) is 9.77. The average Bonchev–Trinajstić information content (AvgIpc) is 2.77. The first-order chi connectivity index (χ1) is 14.9. The van der Waals surface area contributed by atoms with E-state index in [1.165, 1.54) is 37.7 Å². The fraction of sp³-hybridized carbons (Fsp3) is 0.435. The number of piperidine rings is 1. The lowest BCUT2D eigenvalue weighted by molar-refractivity contribution is 0.127. The molecule has 0 atom stereocenters. The SMILES string of the molecule is CS(=O)(=O)c1ccc(OCCCO/N=C(/N)c2ccccc2CN2CCCCC2)cc1. The third-order valence-electron chi connectivity index (χ3n) is 5.20. The van der Waals surface area contributed by atoms with E-state index in [1.54, 1.807) is 12.1 Å². The highest BCUT2D eigenvalue weighted by molar-refractivity contribution is 7.90. The van der Waals surface area contributed by atoms with Gasteiger partial charge in [0.25, 0.3) is 0 Å². The monoisotopic (exact) mass is 445 g/mol. The van der Waals surface area contributed by atoms with Crippen molar-refractivity contribution in [3.05, 3.63) is 59.7 Å². The molecular formula is C23H31N3O4S. The molecule has 1 fully saturated rings. The molecule has 168 valence electrons. The maximum atomic E-state index is 11.5. The largest absolute Gasteiger partial charge is 0.493 e. The molecule has 0 spiro atoms. The van der Waals surface area contributed by atoms with Crippen molar-refractivity contribution in [1.82, 2.24) is 4.90 Å². The Balaban J connectivity index is 1.44. The summed E-state index contributed by atoms with van der Waals surface area (Å²) in [5.74, 6) is 0.993. The minimum atomic E-state index is -3.20. The van der Waals surface area contributed by atoms with Gasteiger partial charge in [-0.3, -0.25) is 4.90 Å². The van der Waals surface area contributed by atoms with Crippen LogP contribution in [0, 0.1) is 0 Å². The van der Waals surface area contributed by atoms with Crippen LogP contribution >= 0.6 is 0 Å². The highest BCUT2D eigenvalue weighted by Gasteiger charge is 2.14. The smallest absolute Gasteiger partial charge is 0.175 e. The van der Waals surface area contributed by atoms with E-state index < -0.39 is 9.84 Å². The van der Waals surface area contributed by atoms with Crippen molar-refractivity contribution in [3.63, 3.8) is 0 Å². The maximum absolute atomic E-state index is 11.5. The molecule has 0 bridgehead atoms. The van der Waals surface area contributed by atoms with Gasteiger partial charge in [-0.2, -0.15) is 0 Å². The van der Waals surface area contributed by atoms with Gasteiger partial charge in [0.2, 0.25) is 0 Å². The molecule has 1 heterocycles. The van der Waals surface area contributed by atoms with Crippen molar-refractivity contribution in [1.29, 1.82) is 0 Å². The van der Waals surface area contributed by atoms with Gasteiger partial charge in [0, 0.05) is 24.8 Å². The van der Waals surface area contributed by atoms with Crippen molar-refractivity contribution < 1.29 is 18.0 Å². The van der Waals surface area contributed by atoms with Crippen molar-refractivity contribution in [2.24, 2.45) is 10.9 Å².